The number of amides is 1. The quantitative estimate of drug-likeness (QED) is 0.545. The fourth-order valence-corrected chi connectivity index (χ4v) is 3.62. The Morgan fingerprint density at radius 3 is 2.72 bits per heavy atom. The SMILES string of the molecule is Cc1c(CCC(=O)NCCCC(=O)O)c(=O)oc2cc3c(cc12)CCC(C)(C)O3. The molecule has 1 aliphatic heterocycles. The fourth-order valence-electron chi connectivity index (χ4n) is 3.62. The number of hydrogen-bond acceptors (Lipinski definition) is 5. The maximum atomic E-state index is 12.5. The molecule has 0 aliphatic carbocycles. The van der Waals surface area contributed by atoms with Crippen molar-refractivity contribution in [1.29, 1.82) is 0 Å². The van der Waals surface area contributed by atoms with Crippen molar-refractivity contribution in [3.05, 3.63) is 39.2 Å². The predicted molar refractivity (Wildman–Crippen MR) is 108 cm³/mol. The molecule has 7 heteroatoms. The van der Waals surface area contributed by atoms with E-state index < -0.39 is 11.6 Å². The number of nitrogens with one attached hydrogen (secondary N) is 1. The largest absolute Gasteiger partial charge is 0.487 e. The number of carbonyl (C=O) groups is 2. The second-order valence-electron chi connectivity index (χ2n) is 8.16. The minimum atomic E-state index is -0.889. The van der Waals surface area contributed by atoms with E-state index in [-0.39, 0.29) is 30.8 Å². The first-order chi connectivity index (χ1) is 13.7. The maximum Gasteiger partial charge on any atom is 0.339 e. The van der Waals surface area contributed by atoms with Crippen molar-refractivity contribution in [1.82, 2.24) is 5.32 Å². The van der Waals surface area contributed by atoms with E-state index in [1.165, 1.54) is 0 Å². The number of carboxylic acids is 1. The van der Waals surface area contributed by atoms with Gasteiger partial charge in [-0.05, 0) is 63.6 Å². The van der Waals surface area contributed by atoms with Crippen molar-refractivity contribution < 1.29 is 23.8 Å². The van der Waals surface area contributed by atoms with Gasteiger partial charge in [0.15, 0.2) is 0 Å². The van der Waals surface area contributed by atoms with E-state index in [9.17, 15) is 14.4 Å². The van der Waals surface area contributed by atoms with Crippen molar-refractivity contribution in [3.63, 3.8) is 0 Å². The Hall–Kier alpha value is -2.83. The first kappa shape index (κ1) is 20.9. The van der Waals surface area contributed by atoms with Crippen LogP contribution < -0.4 is 15.7 Å². The maximum absolute atomic E-state index is 12.5. The van der Waals surface area contributed by atoms with Crippen LogP contribution in [-0.2, 0) is 22.4 Å². The number of carbonyl (C=O) groups excluding carboxylic acids is 1. The first-order valence-corrected chi connectivity index (χ1v) is 9.93. The molecule has 0 radical (unpaired) electrons. The molecule has 3 rings (SSSR count). The van der Waals surface area contributed by atoms with Crippen molar-refractivity contribution in [3.8, 4) is 5.75 Å². The summed E-state index contributed by atoms with van der Waals surface area (Å²) in [5, 5.41) is 12.2. The van der Waals surface area contributed by atoms with Crippen molar-refractivity contribution >= 4 is 22.8 Å². The van der Waals surface area contributed by atoms with Crippen molar-refractivity contribution in [2.24, 2.45) is 0 Å². The van der Waals surface area contributed by atoms with E-state index in [2.05, 4.69) is 5.32 Å². The third-order valence-electron chi connectivity index (χ3n) is 5.34. The van der Waals surface area contributed by atoms with Gasteiger partial charge < -0.3 is 19.6 Å². The van der Waals surface area contributed by atoms with E-state index >= 15 is 0 Å². The van der Waals surface area contributed by atoms with Crippen LogP contribution in [0.25, 0.3) is 11.0 Å². The van der Waals surface area contributed by atoms with Gasteiger partial charge in [-0.25, -0.2) is 4.79 Å². The summed E-state index contributed by atoms with van der Waals surface area (Å²) in [6, 6.07) is 3.81. The van der Waals surface area contributed by atoms with Crippen LogP contribution >= 0.6 is 0 Å². The van der Waals surface area contributed by atoms with Gasteiger partial charge in [-0.15, -0.1) is 0 Å². The number of ether oxygens (including phenoxy) is 1. The summed E-state index contributed by atoms with van der Waals surface area (Å²) in [5.74, 6) is -0.347. The lowest BCUT2D eigenvalue weighted by Crippen LogP contribution is -2.32. The van der Waals surface area contributed by atoms with Gasteiger partial charge in [0, 0.05) is 36.4 Å². The Bertz CT molecular complexity index is 1000. The lowest BCUT2D eigenvalue weighted by Gasteiger charge is -2.32. The second kappa shape index (κ2) is 8.27. The molecule has 2 N–H and O–H groups in total. The zero-order valence-corrected chi connectivity index (χ0v) is 17.1. The highest BCUT2D eigenvalue weighted by molar-refractivity contribution is 5.84. The predicted octanol–water partition coefficient (Wildman–Crippen LogP) is 3.12. The Kier molecular flexibility index (Phi) is 5.96. The Labute approximate surface area is 169 Å². The third-order valence-corrected chi connectivity index (χ3v) is 5.34. The van der Waals surface area contributed by atoms with Gasteiger partial charge in [0.2, 0.25) is 5.91 Å². The van der Waals surface area contributed by atoms with Crippen LogP contribution in [-0.4, -0.2) is 29.1 Å². The zero-order valence-electron chi connectivity index (χ0n) is 17.1. The van der Waals surface area contributed by atoms with Gasteiger partial charge in [-0.2, -0.15) is 0 Å². The Balaban J connectivity index is 1.75. The summed E-state index contributed by atoms with van der Waals surface area (Å²) in [7, 11) is 0. The van der Waals surface area contributed by atoms with E-state index in [4.69, 9.17) is 14.3 Å². The normalized spacial score (nSPS) is 14.9. The average Bonchev–Trinajstić information content (AvgIpc) is 2.63. The van der Waals surface area contributed by atoms with Crippen LogP contribution in [0.1, 0.15) is 56.2 Å². The first-order valence-electron chi connectivity index (χ1n) is 9.93. The number of benzene rings is 1. The van der Waals surface area contributed by atoms with E-state index in [1.54, 1.807) is 6.07 Å². The Morgan fingerprint density at radius 2 is 2.00 bits per heavy atom. The van der Waals surface area contributed by atoms with Gasteiger partial charge >= 0.3 is 11.6 Å². The van der Waals surface area contributed by atoms with Gasteiger partial charge in [0.25, 0.3) is 0 Å². The highest BCUT2D eigenvalue weighted by atomic mass is 16.5. The van der Waals surface area contributed by atoms with Crippen LogP contribution in [0.15, 0.2) is 21.3 Å². The number of hydrogen-bond donors (Lipinski definition) is 2. The van der Waals surface area contributed by atoms with Gasteiger partial charge in [-0.3, -0.25) is 9.59 Å². The molecule has 0 unspecified atom stereocenters. The van der Waals surface area contributed by atoms with Crippen LogP contribution in [0.5, 0.6) is 5.75 Å². The fraction of sp³-hybridized carbons (Fsp3) is 0.500. The summed E-state index contributed by atoms with van der Waals surface area (Å²) in [4.78, 5) is 35.0. The van der Waals surface area contributed by atoms with Crippen LogP contribution in [0.3, 0.4) is 0 Å². The van der Waals surface area contributed by atoms with Crippen LogP contribution in [0, 0.1) is 6.92 Å². The summed E-state index contributed by atoms with van der Waals surface area (Å²) < 4.78 is 11.6. The van der Waals surface area contributed by atoms with Crippen LogP contribution in [0.2, 0.25) is 0 Å². The van der Waals surface area contributed by atoms with E-state index in [0.717, 1.165) is 35.1 Å². The molecule has 1 aromatic carbocycles. The molecule has 1 aromatic heterocycles. The molecule has 0 spiro atoms. The highest BCUT2D eigenvalue weighted by Crippen LogP contribution is 2.36. The number of aryl methyl sites for hydroxylation is 2. The molecule has 156 valence electrons. The van der Waals surface area contributed by atoms with Gasteiger partial charge in [-0.1, -0.05) is 0 Å². The lowest BCUT2D eigenvalue weighted by atomic mass is 9.92. The molecule has 2 heterocycles. The summed E-state index contributed by atoms with van der Waals surface area (Å²) in [6.45, 7) is 6.26. The van der Waals surface area contributed by atoms with Gasteiger partial charge in [0.05, 0.1) is 0 Å². The Morgan fingerprint density at radius 1 is 1.24 bits per heavy atom. The van der Waals surface area contributed by atoms with Gasteiger partial charge in [0.1, 0.15) is 16.9 Å². The standard InChI is InChI=1S/C22H27NO6/c1-13-15(6-7-19(24)23-10-4-5-20(25)26)21(27)28-18-12-17-14(11-16(13)18)8-9-22(2,3)29-17/h11-12H,4-10H2,1-3H3,(H,23,24)(H,25,26). The monoisotopic (exact) mass is 401 g/mol. The highest BCUT2D eigenvalue weighted by Gasteiger charge is 2.27. The molecular weight excluding hydrogens is 374 g/mol. The molecule has 0 fully saturated rings. The molecule has 0 saturated carbocycles. The molecule has 0 saturated heterocycles. The molecule has 1 aliphatic rings. The van der Waals surface area contributed by atoms with Crippen molar-refractivity contribution in [2.75, 3.05) is 6.54 Å². The molecular formula is C22H27NO6. The topological polar surface area (TPSA) is 106 Å². The minimum absolute atomic E-state index is 0.0128. The van der Waals surface area contributed by atoms with E-state index in [1.807, 2.05) is 26.8 Å². The number of carboxylic acid groups (broad SMARTS) is 1. The zero-order chi connectivity index (χ0) is 21.2. The molecule has 29 heavy (non-hydrogen) atoms. The molecule has 1 amide bonds. The summed E-state index contributed by atoms with van der Waals surface area (Å²) in [6.07, 6.45) is 2.62. The van der Waals surface area contributed by atoms with E-state index in [0.29, 0.717) is 24.1 Å². The smallest absolute Gasteiger partial charge is 0.339 e. The van der Waals surface area contributed by atoms with Crippen molar-refractivity contribution in [2.45, 2.75) is 64.9 Å². The third kappa shape index (κ3) is 4.96. The summed E-state index contributed by atoms with van der Waals surface area (Å²) >= 11 is 0. The number of fused-ring (bicyclic) bond motifs is 2. The lowest BCUT2D eigenvalue weighted by molar-refractivity contribution is -0.137. The number of aliphatic carboxylic acids is 1. The molecule has 0 bridgehead atoms. The molecule has 0 atom stereocenters. The molecule has 7 nitrogen and oxygen atoms in total. The number of rotatable bonds is 7. The summed E-state index contributed by atoms with van der Waals surface area (Å²) in [5.41, 5.74) is 2.22. The van der Waals surface area contributed by atoms with Crippen LogP contribution in [0.4, 0.5) is 0 Å². The average molecular weight is 401 g/mol. The second-order valence-corrected chi connectivity index (χ2v) is 8.16. The molecule has 2 aromatic rings. The minimum Gasteiger partial charge on any atom is -0.487 e.